The van der Waals surface area contributed by atoms with Crippen LogP contribution < -0.4 is 4.74 Å². The highest BCUT2D eigenvalue weighted by Crippen LogP contribution is 2.32. The van der Waals surface area contributed by atoms with Crippen LogP contribution in [0.1, 0.15) is 25.1 Å². The van der Waals surface area contributed by atoms with Gasteiger partial charge in [0.2, 0.25) is 5.88 Å². The summed E-state index contributed by atoms with van der Waals surface area (Å²) in [5.74, 6) is 1.94. The topological polar surface area (TPSA) is 44.2 Å². The van der Waals surface area contributed by atoms with Gasteiger partial charge in [-0.1, -0.05) is 24.4 Å². The van der Waals surface area contributed by atoms with E-state index in [1.165, 1.54) is 12.8 Å². The Kier molecular flexibility index (Phi) is 3.96. The molecule has 1 aliphatic rings. The molecule has 4 nitrogen and oxygen atoms in total. The first-order valence-corrected chi connectivity index (χ1v) is 5.81. The van der Waals surface area contributed by atoms with Crippen molar-refractivity contribution in [1.82, 2.24) is 9.97 Å². The average Bonchev–Trinajstić information content (AvgIpc) is 3.01. The van der Waals surface area contributed by atoms with Crippen LogP contribution in [0.3, 0.4) is 0 Å². The van der Waals surface area contributed by atoms with Gasteiger partial charge in [0.05, 0.1) is 6.61 Å². The molecule has 0 unspecified atom stereocenters. The lowest BCUT2D eigenvalue weighted by molar-refractivity contribution is 0.176. The van der Waals surface area contributed by atoms with Crippen LogP contribution in [-0.2, 0) is 11.3 Å². The van der Waals surface area contributed by atoms with Crippen LogP contribution in [0.15, 0.2) is 6.07 Å². The Labute approximate surface area is 99.9 Å². The minimum atomic E-state index is 0.347. The molecule has 0 aliphatic heterocycles. The van der Waals surface area contributed by atoms with Gasteiger partial charge < -0.3 is 9.47 Å². The number of nitrogens with zero attached hydrogens (tertiary/aromatic N) is 2. The maximum Gasteiger partial charge on any atom is 0.218 e. The van der Waals surface area contributed by atoms with Crippen LogP contribution in [0.25, 0.3) is 0 Å². The molecule has 2 rings (SSSR count). The largest absolute Gasteiger partial charge is 0.478 e. The fourth-order valence-electron chi connectivity index (χ4n) is 1.45. The molecule has 0 amide bonds. The Morgan fingerprint density at radius 1 is 1.44 bits per heavy atom. The van der Waals surface area contributed by atoms with Crippen molar-refractivity contribution >= 4 is 11.6 Å². The van der Waals surface area contributed by atoms with Crippen molar-refractivity contribution in [2.24, 2.45) is 5.92 Å². The third-order valence-corrected chi connectivity index (χ3v) is 2.66. The Bertz CT molecular complexity index is 356. The molecule has 1 fully saturated rings. The molecule has 0 aromatic carbocycles. The number of methoxy groups -OCH3 is 1. The number of ether oxygens (including phenoxy) is 2. The lowest BCUT2D eigenvalue weighted by atomic mass is 10.3. The molecule has 0 radical (unpaired) electrons. The van der Waals surface area contributed by atoms with Crippen molar-refractivity contribution in [3.63, 3.8) is 0 Å². The zero-order valence-electron chi connectivity index (χ0n) is 9.28. The van der Waals surface area contributed by atoms with Crippen molar-refractivity contribution < 1.29 is 9.47 Å². The zero-order chi connectivity index (χ0) is 11.4. The molecule has 1 heterocycles. The van der Waals surface area contributed by atoms with Gasteiger partial charge in [0.15, 0.2) is 5.82 Å². The minimum Gasteiger partial charge on any atom is -0.478 e. The summed E-state index contributed by atoms with van der Waals surface area (Å²) in [5, 5.41) is 0.392. The molecule has 1 aromatic rings. The molecule has 88 valence electrons. The quantitative estimate of drug-likeness (QED) is 0.719. The van der Waals surface area contributed by atoms with Gasteiger partial charge in [-0.2, -0.15) is 4.98 Å². The fraction of sp³-hybridized carbons (Fsp3) is 0.636. The van der Waals surface area contributed by atoms with E-state index < -0.39 is 0 Å². The maximum atomic E-state index is 5.85. The van der Waals surface area contributed by atoms with Crippen molar-refractivity contribution in [3.8, 4) is 5.88 Å². The molecule has 16 heavy (non-hydrogen) atoms. The van der Waals surface area contributed by atoms with E-state index in [0.717, 1.165) is 12.3 Å². The van der Waals surface area contributed by atoms with Gasteiger partial charge in [0.1, 0.15) is 11.8 Å². The zero-order valence-corrected chi connectivity index (χ0v) is 10.0. The first-order chi connectivity index (χ1) is 7.78. The summed E-state index contributed by atoms with van der Waals surface area (Å²) in [5.41, 5.74) is 0. The number of hydrogen-bond acceptors (Lipinski definition) is 4. The average molecular weight is 243 g/mol. The van der Waals surface area contributed by atoms with Gasteiger partial charge in [0, 0.05) is 13.2 Å². The van der Waals surface area contributed by atoms with Gasteiger partial charge in [-0.25, -0.2) is 4.98 Å². The monoisotopic (exact) mass is 242 g/mol. The second kappa shape index (κ2) is 5.46. The Hall–Kier alpha value is -0.870. The molecule has 5 heteroatoms. The number of halogens is 1. The predicted molar refractivity (Wildman–Crippen MR) is 60.6 cm³/mol. The molecule has 0 atom stereocenters. The van der Waals surface area contributed by atoms with Crippen LogP contribution >= 0.6 is 11.6 Å². The van der Waals surface area contributed by atoms with E-state index in [2.05, 4.69) is 9.97 Å². The third kappa shape index (κ3) is 3.61. The highest BCUT2D eigenvalue weighted by atomic mass is 35.5. The third-order valence-electron chi connectivity index (χ3n) is 2.46. The molecule has 0 bridgehead atoms. The van der Waals surface area contributed by atoms with Crippen LogP contribution in [0.5, 0.6) is 5.88 Å². The van der Waals surface area contributed by atoms with E-state index >= 15 is 0 Å². The fourth-order valence-corrected chi connectivity index (χ4v) is 1.64. The summed E-state index contributed by atoms with van der Waals surface area (Å²) in [7, 11) is 1.60. The van der Waals surface area contributed by atoms with Crippen LogP contribution in [0.2, 0.25) is 5.15 Å². The van der Waals surface area contributed by atoms with E-state index in [0.29, 0.717) is 30.1 Å². The van der Waals surface area contributed by atoms with Gasteiger partial charge in [-0.15, -0.1) is 0 Å². The highest BCUT2D eigenvalue weighted by Gasteiger charge is 2.20. The van der Waals surface area contributed by atoms with Gasteiger partial charge in [0.25, 0.3) is 0 Å². The van der Waals surface area contributed by atoms with Crippen molar-refractivity contribution in [3.05, 3.63) is 17.0 Å². The minimum absolute atomic E-state index is 0.347. The van der Waals surface area contributed by atoms with E-state index in [9.17, 15) is 0 Å². The predicted octanol–water partition coefficient (Wildman–Crippen LogP) is 2.46. The van der Waals surface area contributed by atoms with Crippen molar-refractivity contribution in [2.75, 3.05) is 13.7 Å². The molecule has 0 N–H and O–H groups in total. The Morgan fingerprint density at radius 3 is 2.94 bits per heavy atom. The van der Waals surface area contributed by atoms with Gasteiger partial charge in [-0.05, 0) is 12.3 Å². The van der Waals surface area contributed by atoms with E-state index in [4.69, 9.17) is 21.1 Å². The summed E-state index contributed by atoms with van der Waals surface area (Å²) in [4.78, 5) is 8.23. The van der Waals surface area contributed by atoms with Crippen molar-refractivity contribution in [2.45, 2.75) is 25.9 Å². The van der Waals surface area contributed by atoms with Crippen LogP contribution in [-0.4, -0.2) is 23.7 Å². The second-order valence-electron chi connectivity index (χ2n) is 3.96. The highest BCUT2D eigenvalue weighted by molar-refractivity contribution is 6.29. The van der Waals surface area contributed by atoms with Gasteiger partial charge in [-0.3, -0.25) is 0 Å². The first-order valence-electron chi connectivity index (χ1n) is 5.43. The first kappa shape index (κ1) is 11.6. The summed E-state index contributed by atoms with van der Waals surface area (Å²) in [6.45, 7) is 1.05. The van der Waals surface area contributed by atoms with E-state index in [-0.39, 0.29) is 0 Å². The van der Waals surface area contributed by atoms with E-state index in [1.54, 1.807) is 13.2 Å². The van der Waals surface area contributed by atoms with Crippen LogP contribution in [0, 0.1) is 5.92 Å². The summed E-state index contributed by atoms with van der Waals surface area (Å²) in [6, 6.07) is 1.63. The molecule has 1 aromatic heterocycles. The summed E-state index contributed by atoms with van der Waals surface area (Å²) in [6.07, 6.45) is 3.77. The van der Waals surface area contributed by atoms with Gasteiger partial charge >= 0.3 is 0 Å². The molecule has 1 aliphatic carbocycles. The molecular weight excluding hydrogens is 228 g/mol. The van der Waals surface area contributed by atoms with Crippen LogP contribution in [0.4, 0.5) is 0 Å². The summed E-state index contributed by atoms with van der Waals surface area (Å²) < 4.78 is 10.5. The summed E-state index contributed by atoms with van der Waals surface area (Å²) >= 11 is 5.85. The SMILES string of the molecule is COCc1nc(Cl)cc(OCCC2CC2)n1. The number of aromatic nitrogens is 2. The smallest absolute Gasteiger partial charge is 0.218 e. The molecule has 1 saturated carbocycles. The Morgan fingerprint density at radius 2 is 2.25 bits per heavy atom. The molecular formula is C11H15ClN2O2. The Balaban J connectivity index is 1.90. The normalized spacial score (nSPS) is 15.1. The standard InChI is InChI=1S/C11H15ClN2O2/c1-15-7-10-13-9(12)6-11(14-10)16-5-4-8-2-3-8/h6,8H,2-5,7H2,1H3. The number of rotatable bonds is 6. The molecule has 0 spiro atoms. The lowest BCUT2D eigenvalue weighted by Crippen LogP contribution is -2.04. The maximum absolute atomic E-state index is 5.85. The van der Waals surface area contributed by atoms with E-state index in [1.807, 2.05) is 0 Å². The second-order valence-corrected chi connectivity index (χ2v) is 4.35. The lowest BCUT2D eigenvalue weighted by Gasteiger charge is -2.06. The number of hydrogen-bond donors (Lipinski definition) is 0. The van der Waals surface area contributed by atoms with Crippen molar-refractivity contribution in [1.29, 1.82) is 0 Å². The molecule has 0 saturated heterocycles.